The molecule has 3 fully saturated rings. The molecule has 3 aliphatic rings. The highest BCUT2D eigenvalue weighted by molar-refractivity contribution is 5.29. The van der Waals surface area contributed by atoms with Gasteiger partial charge in [0.2, 0.25) is 0 Å². The van der Waals surface area contributed by atoms with Gasteiger partial charge in [0.25, 0.3) is 0 Å². The highest BCUT2D eigenvalue weighted by Gasteiger charge is 2.80. The molecule has 4 atom stereocenters. The molecule has 0 nitrogen and oxygen atoms in total. The second-order valence-electron chi connectivity index (χ2n) is 5.59. The van der Waals surface area contributed by atoms with Gasteiger partial charge in [-0.3, -0.25) is 0 Å². The first-order valence-corrected chi connectivity index (χ1v) is 5.22. The Morgan fingerprint density at radius 1 is 1.27 bits per heavy atom. The van der Waals surface area contributed by atoms with Crippen LogP contribution in [0.3, 0.4) is 0 Å². The van der Waals surface area contributed by atoms with Gasteiger partial charge in [-0.1, -0.05) is 13.8 Å². The second-order valence-corrected chi connectivity index (χ2v) is 5.59. The molecule has 3 saturated carbocycles. The third-order valence-electron chi connectivity index (χ3n) is 4.35. The summed E-state index contributed by atoms with van der Waals surface area (Å²) in [5, 5.41) is 0. The van der Waals surface area contributed by atoms with E-state index in [1.165, 1.54) is 18.3 Å². The van der Waals surface area contributed by atoms with Gasteiger partial charge in [-0.05, 0) is 54.8 Å². The van der Waals surface area contributed by atoms with Gasteiger partial charge in [0.15, 0.2) is 0 Å². The lowest BCUT2D eigenvalue weighted by Crippen LogP contribution is -2.01. The summed E-state index contributed by atoms with van der Waals surface area (Å²) in [6.45, 7) is 4.73. The van der Waals surface area contributed by atoms with Crippen LogP contribution < -0.4 is 0 Å². The minimum atomic E-state index is 0.936. The first kappa shape index (κ1) is 6.51. The first-order chi connectivity index (χ1) is 5.22. The molecule has 1 spiro atoms. The molecule has 0 heterocycles. The molecular weight excluding hydrogens is 132 g/mol. The molecule has 62 valence electrons. The largest absolute Gasteiger partial charge is 0.0628 e. The van der Waals surface area contributed by atoms with E-state index in [4.69, 9.17) is 0 Å². The molecule has 3 rings (SSSR count). The Balaban J connectivity index is 1.60. The highest BCUT2D eigenvalue weighted by Crippen LogP contribution is 2.87. The van der Waals surface area contributed by atoms with Gasteiger partial charge in [0.05, 0.1) is 0 Å². The van der Waals surface area contributed by atoms with Gasteiger partial charge in [0.1, 0.15) is 0 Å². The Morgan fingerprint density at radius 2 is 2.09 bits per heavy atom. The van der Waals surface area contributed by atoms with Crippen LogP contribution in [0.4, 0.5) is 0 Å². The third-order valence-corrected chi connectivity index (χ3v) is 4.35. The molecule has 3 aliphatic carbocycles. The Hall–Kier alpha value is 0. The van der Waals surface area contributed by atoms with E-state index in [1.54, 1.807) is 19.3 Å². The van der Waals surface area contributed by atoms with E-state index in [2.05, 4.69) is 13.8 Å². The van der Waals surface area contributed by atoms with Crippen LogP contribution in [0, 0.1) is 29.1 Å². The lowest BCUT2D eigenvalue weighted by Gasteiger charge is -2.13. The maximum absolute atomic E-state index is 2.37. The second kappa shape index (κ2) is 1.67. The van der Waals surface area contributed by atoms with Crippen molar-refractivity contribution in [2.45, 2.75) is 39.5 Å². The fourth-order valence-corrected chi connectivity index (χ4v) is 3.77. The van der Waals surface area contributed by atoms with E-state index in [0.717, 1.165) is 17.3 Å². The Kier molecular flexibility index (Phi) is 0.990. The molecule has 0 saturated heterocycles. The maximum Gasteiger partial charge on any atom is -0.0229 e. The summed E-state index contributed by atoms with van der Waals surface area (Å²) in [5.74, 6) is 4.53. The summed E-state index contributed by atoms with van der Waals surface area (Å²) in [6, 6.07) is 0. The van der Waals surface area contributed by atoms with Gasteiger partial charge in [-0.2, -0.15) is 0 Å². The molecular formula is C11H18. The molecule has 0 N–H and O–H groups in total. The van der Waals surface area contributed by atoms with Crippen molar-refractivity contribution in [3.8, 4) is 0 Å². The number of rotatable bonds is 2. The minimum Gasteiger partial charge on any atom is -0.0628 e. The molecule has 0 bridgehead atoms. The van der Waals surface area contributed by atoms with Crippen LogP contribution >= 0.6 is 0 Å². The monoisotopic (exact) mass is 150 g/mol. The highest BCUT2D eigenvalue weighted by atomic mass is 14.8. The SMILES string of the molecule is CC(C)CC1CC2C3CC23C1. The fraction of sp³-hybridized carbons (Fsp3) is 1.00. The van der Waals surface area contributed by atoms with Crippen LogP contribution in [0.25, 0.3) is 0 Å². The van der Waals surface area contributed by atoms with E-state index in [0.29, 0.717) is 0 Å². The fourth-order valence-electron chi connectivity index (χ4n) is 3.77. The van der Waals surface area contributed by atoms with Crippen LogP contribution in [0.1, 0.15) is 39.5 Å². The zero-order valence-electron chi connectivity index (χ0n) is 7.64. The molecule has 0 radical (unpaired) electrons. The lowest BCUT2D eigenvalue weighted by molar-refractivity contribution is 0.386. The zero-order valence-corrected chi connectivity index (χ0v) is 7.64. The van der Waals surface area contributed by atoms with Crippen molar-refractivity contribution in [2.75, 3.05) is 0 Å². The maximum atomic E-state index is 2.37. The molecule has 0 heteroatoms. The van der Waals surface area contributed by atoms with E-state index >= 15 is 0 Å². The van der Waals surface area contributed by atoms with Crippen LogP contribution in [0.5, 0.6) is 0 Å². The minimum absolute atomic E-state index is 0.936. The number of hydrogen-bond acceptors (Lipinski definition) is 0. The normalized spacial score (nSPS) is 57.5. The van der Waals surface area contributed by atoms with E-state index < -0.39 is 0 Å². The molecule has 0 amide bonds. The summed E-state index contributed by atoms with van der Waals surface area (Å²) in [7, 11) is 0. The predicted octanol–water partition coefficient (Wildman–Crippen LogP) is 3.08. The van der Waals surface area contributed by atoms with Crippen molar-refractivity contribution in [2.24, 2.45) is 29.1 Å². The standard InChI is InChI=1S/C11H18/c1-7(2)3-8-4-9-10-6-11(9,10)5-8/h7-10H,3-6H2,1-2H3. The predicted molar refractivity (Wildman–Crippen MR) is 46.2 cm³/mol. The van der Waals surface area contributed by atoms with Crippen molar-refractivity contribution >= 4 is 0 Å². The van der Waals surface area contributed by atoms with Crippen molar-refractivity contribution < 1.29 is 0 Å². The van der Waals surface area contributed by atoms with Gasteiger partial charge in [0, 0.05) is 0 Å². The Labute approximate surface area is 69.4 Å². The van der Waals surface area contributed by atoms with Gasteiger partial charge in [-0.25, -0.2) is 0 Å². The van der Waals surface area contributed by atoms with Crippen molar-refractivity contribution in [3.05, 3.63) is 0 Å². The molecule has 0 aromatic heterocycles. The number of fused-ring (bicyclic) bond motifs is 1. The molecule has 4 unspecified atom stereocenters. The molecule has 0 aliphatic heterocycles. The summed E-state index contributed by atoms with van der Waals surface area (Å²) in [6.07, 6.45) is 6.33. The summed E-state index contributed by atoms with van der Waals surface area (Å²) in [4.78, 5) is 0. The third kappa shape index (κ3) is 0.711. The van der Waals surface area contributed by atoms with Gasteiger partial charge in [-0.15, -0.1) is 0 Å². The van der Waals surface area contributed by atoms with Gasteiger partial charge < -0.3 is 0 Å². The van der Waals surface area contributed by atoms with Gasteiger partial charge >= 0.3 is 0 Å². The van der Waals surface area contributed by atoms with Crippen molar-refractivity contribution in [3.63, 3.8) is 0 Å². The Bertz CT molecular complexity index is 192. The molecule has 0 aromatic rings. The molecule has 0 aromatic carbocycles. The van der Waals surface area contributed by atoms with E-state index in [9.17, 15) is 0 Å². The van der Waals surface area contributed by atoms with Crippen LogP contribution in [0.2, 0.25) is 0 Å². The van der Waals surface area contributed by atoms with E-state index in [-0.39, 0.29) is 0 Å². The van der Waals surface area contributed by atoms with Crippen LogP contribution in [-0.2, 0) is 0 Å². The van der Waals surface area contributed by atoms with Crippen molar-refractivity contribution in [1.82, 2.24) is 0 Å². The average molecular weight is 150 g/mol. The van der Waals surface area contributed by atoms with Crippen LogP contribution in [-0.4, -0.2) is 0 Å². The zero-order chi connectivity index (χ0) is 7.64. The van der Waals surface area contributed by atoms with E-state index in [1.807, 2.05) is 0 Å². The lowest BCUT2D eigenvalue weighted by atomic mass is 9.93. The Morgan fingerprint density at radius 3 is 2.55 bits per heavy atom. The summed E-state index contributed by atoms with van der Waals surface area (Å²) in [5.41, 5.74) is 0.986. The quantitative estimate of drug-likeness (QED) is 0.567. The average Bonchev–Trinajstić information content (AvgIpc) is 2.67. The number of hydrogen-bond donors (Lipinski definition) is 0. The first-order valence-electron chi connectivity index (χ1n) is 5.22. The summed E-state index contributed by atoms with van der Waals surface area (Å²) >= 11 is 0. The van der Waals surface area contributed by atoms with Crippen LogP contribution in [0.15, 0.2) is 0 Å². The van der Waals surface area contributed by atoms with Crippen molar-refractivity contribution in [1.29, 1.82) is 0 Å². The summed E-state index contributed by atoms with van der Waals surface area (Å²) < 4.78 is 0. The smallest absolute Gasteiger partial charge is 0.0229 e. The molecule has 11 heavy (non-hydrogen) atoms. The topological polar surface area (TPSA) is 0 Å².